The molecule has 0 aliphatic carbocycles. The van der Waals surface area contributed by atoms with Crippen LogP contribution in [0.5, 0.6) is 0 Å². The molecule has 1 N–H and O–H groups in total. The highest BCUT2D eigenvalue weighted by atomic mass is 16.1. The minimum atomic E-state index is -0.366. The van der Waals surface area contributed by atoms with Gasteiger partial charge in [0.15, 0.2) is 5.66 Å². The summed E-state index contributed by atoms with van der Waals surface area (Å²) in [4.78, 5) is 14.6. The fraction of sp³-hybridized carbons (Fsp3) is 0.684. The first-order valence-electron chi connectivity index (χ1n) is 9.43. The van der Waals surface area contributed by atoms with Gasteiger partial charge in [0.2, 0.25) is 5.91 Å². The summed E-state index contributed by atoms with van der Waals surface area (Å²) in [5, 5.41) is 15.5. The van der Waals surface area contributed by atoms with Crippen molar-refractivity contribution in [1.82, 2.24) is 20.0 Å². The van der Waals surface area contributed by atoms with E-state index in [9.17, 15) is 4.79 Å². The molecule has 0 saturated carbocycles. The normalized spacial score (nSPS) is 21.3. The Morgan fingerprint density at radius 2 is 2.31 bits per heavy atom. The molecule has 7 nitrogen and oxygen atoms in total. The van der Waals surface area contributed by atoms with Crippen molar-refractivity contribution in [3.05, 3.63) is 18.0 Å². The molecule has 1 unspecified atom stereocenters. The van der Waals surface area contributed by atoms with Crippen LogP contribution < -0.4 is 5.32 Å². The Hall–Kier alpha value is -2.20. The van der Waals surface area contributed by atoms with E-state index in [0.717, 1.165) is 32.6 Å². The van der Waals surface area contributed by atoms with E-state index in [0.29, 0.717) is 25.2 Å². The van der Waals surface area contributed by atoms with Crippen molar-refractivity contribution in [2.75, 3.05) is 19.6 Å². The van der Waals surface area contributed by atoms with Crippen LogP contribution in [0.4, 0.5) is 0 Å². The molecule has 3 heterocycles. The van der Waals surface area contributed by atoms with Gasteiger partial charge in [-0.25, -0.2) is 0 Å². The highest BCUT2D eigenvalue weighted by molar-refractivity contribution is 5.76. The van der Waals surface area contributed by atoms with Crippen LogP contribution in [0.3, 0.4) is 0 Å². The van der Waals surface area contributed by atoms with Gasteiger partial charge < -0.3 is 5.32 Å². The number of hydrogen-bond acceptors (Lipinski definition) is 5. The second-order valence-electron chi connectivity index (χ2n) is 7.46. The summed E-state index contributed by atoms with van der Waals surface area (Å²) in [5.41, 5.74) is 0.876. The van der Waals surface area contributed by atoms with Crippen molar-refractivity contribution >= 4 is 5.91 Å². The number of terminal acetylenes is 1. The Kier molecular flexibility index (Phi) is 6.04. The molecule has 1 atom stereocenters. The van der Waals surface area contributed by atoms with E-state index in [2.05, 4.69) is 37.7 Å². The zero-order valence-electron chi connectivity index (χ0n) is 15.5. The minimum Gasteiger partial charge on any atom is -0.356 e. The number of likely N-dealkylation sites (tertiary alicyclic amines) is 1. The van der Waals surface area contributed by atoms with Crippen molar-refractivity contribution in [2.45, 2.75) is 50.7 Å². The lowest BCUT2D eigenvalue weighted by Gasteiger charge is -2.32. The molecule has 3 rings (SSSR count). The van der Waals surface area contributed by atoms with E-state index in [1.54, 1.807) is 0 Å². The fourth-order valence-corrected chi connectivity index (χ4v) is 3.60. The second kappa shape index (κ2) is 8.45. The van der Waals surface area contributed by atoms with Crippen molar-refractivity contribution < 1.29 is 4.79 Å². The van der Waals surface area contributed by atoms with E-state index in [-0.39, 0.29) is 11.6 Å². The van der Waals surface area contributed by atoms with Crippen LogP contribution in [0.15, 0.2) is 22.6 Å². The lowest BCUT2D eigenvalue weighted by Crippen LogP contribution is -2.40. The third-order valence-electron chi connectivity index (χ3n) is 5.16. The maximum Gasteiger partial charge on any atom is 0.220 e. The van der Waals surface area contributed by atoms with Crippen LogP contribution >= 0.6 is 0 Å². The average molecular weight is 356 g/mol. The van der Waals surface area contributed by atoms with E-state index in [4.69, 9.17) is 6.42 Å². The summed E-state index contributed by atoms with van der Waals surface area (Å²) < 4.78 is 1.84. The minimum absolute atomic E-state index is 0.0896. The van der Waals surface area contributed by atoms with E-state index in [1.807, 2.05) is 17.9 Å². The Labute approximate surface area is 155 Å². The van der Waals surface area contributed by atoms with Gasteiger partial charge >= 0.3 is 0 Å². The summed E-state index contributed by atoms with van der Waals surface area (Å²) in [6.07, 6.45) is 14.2. The zero-order chi connectivity index (χ0) is 18.4. The molecular weight excluding hydrogens is 328 g/mol. The number of carbonyl (C=O) groups is 1. The van der Waals surface area contributed by atoms with Crippen molar-refractivity contribution in [3.8, 4) is 12.3 Å². The zero-order valence-corrected chi connectivity index (χ0v) is 15.5. The highest BCUT2D eigenvalue weighted by Crippen LogP contribution is 2.37. The standard InChI is InChI=1S/C19H28N6O/c1-3-4-8-19(22-23-19)9-7-18(26)20-11-16-6-5-10-25(14-16)15-17-12-21-24(2)13-17/h1,12-13,16H,4-11,14-15H2,2H3,(H,20,26). The van der Waals surface area contributed by atoms with Crippen LogP contribution in [0.1, 0.15) is 44.1 Å². The Morgan fingerprint density at radius 1 is 1.46 bits per heavy atom. The quantitative estimate of drug-likeness (QED) is 0.689. The topological polar surface area (TPSA) is 74.9 Å². The van der Waals surface area contributed by atoms with Gasteiger partial charge in [0.25, 0.3) is 0 Å². The summed E-state index contributed by atoms with van der Waals surface area (Å²) in [5.74, 6) is 3.21. The first-order valence-corrected chi connectivity index (χ1v) is 9.43. The molecule has 0 radical (unpaired) electrons. The molecule has 1 fully saturated rings. The largest absolute Gasteiger partial charge is 0.356 e. The molecule has 0 aromatic carbocycles. The lowest BCUT2D eigenvalue weighted by atomic mass is 9.97. The van der Waals surface area contributed by atoms with Gasteiger partial charge in [-0.3, -0.25) is 14.4 Å². The molecule has 1 aromatic rings. The molecule has 0 bridgehead atoms. The van der Waals surface area contributed by atoms with Crippen molar-refractivity contribution in [3.63, 3.8) is 0 Å². The van der Waals surface area contributed by atoms with Crippen molar-refractivity contribution in [2.24, 2.45) is 23.2 Å². The first kappa shape index (κ1) is 18.6. The van der Waals surface area contributed by atoms with Gasteiger partial charge in [-0.05, 0) is 25.3 Å². The van der Waals surface area contributed by atoms with Gasteiger partial charge in [0.05, 0.1) is 6.20 Å². The van der Waals surface area contributed by atoms with Gasteiger partial charge in [-0.1, -0.05) is 0 Å². The van der Waals surface area contributed by atoms with Gasteiger partial charge in [0, 0.05) is 64.1 Å². The molecule has 26 heavy (non-hydrogen) atoms. The number of piperidine rings is 1. The molecule has 2 aliphatic rings. The second-order valence-corrected chi connectivity index (χ2v) is 7.46. The fourth-order valence-electron chi connectivity index (χ4n) is 3.60. The molecule has 1 saturated heterocycles. The number of aryl methyl sites for hydroxylation is 1. The molecule has 140 valence electrons. The third-order valence-corrected chi connectivity index (χ3v) is 5.16. The SMILES string of the molecule is C#CCCC1(CCC(=O)NCC2CCCN(Cc3cnn(C)c3)C2)N=N1. The lowest BCUT2D eigenvalue weighted by molar-refractivity contribution is -0.121. The van der Waals surface area contributed by atoms with Gasteiger partial charge in [-0.15, -0.1) is 12.3 Å². The highest BCUT2D eigenvalue weighted by Gasteiger charge is 2.39. The van der Waals surface area contributed by atoms with E-state index >= 15 is 0 Å². The first-order chi connectivity index (χ1) is 12.6. The number of nitrogens with one attached hydrogen (secondary N) is 1. The number of aromatic nitrogens is 2. The number of carbonyl (C=O) groups excluding carboxylic acids is 1. The Morgan fingerprint density at radius 3 is 3.00 bits per heavy atom. The maximum absolute atomic E-state index is 12.1. The molecule has 1 amide bonds. The molecule has 7 heteroatoms. The number of amides is 1. The number of hydrogen-bond donors (Lipinski definition) is 1. The molecule has 2 aliphatic heterocycles. The monoisotopic (exact) mass is 356 g/mol. The average Bonchev–Trinajstić information content (AvgIpc) is 3.31. The summed E-state index contributed by atoms with van der Waals surface area (Å²) in [7, 11) is 1.94. The summed E-state index contributed by atoms with van der Waals surface area (Å²) in [6.45, 7) is 3.80. The summed E-state index contributed by atoms with van der Waals surface area (Å²) in [6, 6.07) is 0. The maximum atomic E-state index is 12.1. The smallest absolute Gasteiger partial charge is 0.220 e. The predicted octanol–water partition coefficient (Wildman–Crippen LogP) is 2.10. The van der Waals surface area contributed by atoms with Crippen molar-refractivity contribution in [1.29, 1.82) is 0 Å². The van der Waals surface area contributed by atoms with Crippen LogP contribution in [0.2, 0.25) is 0 Å². The third kappa shape index (κ3) is 5.40. The van der Waals surface area contributed by atoms with E-state index < -0.39 is 0 Å². The van der Waals surface area contributed by atoms with Crippen LogP contribution in [0.25, 0.3) is 0 Å². The summed E-state index contributed by atoms with van der Waals surface area (Å²) >= 11 is 0. The Bertz CT molecular complexity index is 682. The van der Waals surface area contributed by atoms with Gasteiger partial charge in [0.1, 0.15) is 0 Å². The molecular formula is C19H28N6O. The predicted molar refractivity (Wildman–Crippen MR) is 99.1 cm³/mol. The molecule has 0 spiro atoms. The Balaban J connectivity index is 1.35. The molecule has 1 aromatic heterocycles. The van der Waals surface area contributed by atoms with Crippen LogP contribution in [-0.2, 0) is 18.4 Å². The van der Waals surface area contributed by atoms with Crippen LogP contribution in [-0.4, -0.2) is 45.9 Å². The van der Waals surface area contributed by atoms with Gasteiger partial charge in [-0.2, -0.15) is 15.3 Å². The number of rotatable bonds is 9. The van der Waals surface area contributed by atoms with Crippen LogP contribution in [0, 0.1) is 18.3 Å². The van der Waals surface area contributed by atoms with E-state index in [1.165, 1.54) is 18.4 Å². The number of nitrogens with zero attached hydrogens (tertiary/aromatic N) is 5.